The van der Waals surface area contributed by atoms with Crippen LogP contribution in [-0.2, 0) is 18.9 Å². The van der Waals surface area contributed by atoms with E-state index in [1.807, 2.05) is 20.8 Å². The average Bonchev–Trinajstić information content (AvgIpc) is 3.20. The second kappa shape index (κ2) is 10.9. The van der Waals surface area contributed by atoms with Crippen LogP contribution >= 0.6 is 7.37 Å². The van der Waals surface area contributed by atoms with Gasteiger partial charge in [-0.05, 0) is 62.5 Å². The number of hydrogen-bond acceptors (Lipinski definition) is 5. The Bertz CT molecular complexity index is 1110. The fourth-order valence-electron chi connectivity index (χ4n) is 5.71. The Balaban J connectivity index is 1.50. The Morgan fingerprint density at radius 2 is 1.82 bits per heavy atom. The van der Waals surface area contributed by atoms with Crippen molar-refractivity contribution in [3.05, 3.63) is 43.0 Å². The van der Waals surface area contributed by atoms with Gasteiger partial charge < -0.3 is 25.2 Å². The van der Waals surface area contributed by atoms with E-state index in [-0.39, 0.29) is 23.2 Å². The molecule has 1 aromatic rings. The largest absolute Gasteiger partial charge is 0.446 e. The molecule has 1 aliphatic heterocycles. The van der Waals surface area contributed by atoms with Crippen LogP contribution in [0.1, 0.15) is 65.7 Å². The number of benzene rings is 1. The molecule has 2 saturated carbocycles. The Hall–Kier alpha value is -2.64. The molecule has 1 saturated heterocycles. The van der Waals surface area contributed by atoms with E-state index < -0.39 is 42.1 Å². The molecule has 38 heavy (non-hydrogen) atoms. The van der Waals surface area contributed by atoms with E-state index in [4.69, 9.17) is 4.74 Å². The fraction of sp³-hybridized carbons (Fsp3) is 0.607. The molecule has 2 aliphatic carbocycles. The third kappa shape index (κ3) is 5.55. The highest BCUT2D eigenvalue weighted by atomic mass is 31.2. The van der Waals surface area contributed by atoms with Crippen LogP contribution in [0.3, 0.4) is 0 Å². The minimum absolute atomic E-state index is 0.137. The lowest BCUT2D eigenvalue weighted by Crippen LogP contribution is -2.58. The predicted octanol–water partition coefficient (Wildman–Crippen LogP) is 3.68. The summed E-state index contributed by atoms with van der Waals surface area (Å²) < 4.78 is 19.2. The van der Waals surface area contributed by atoms with E-state index in [2.05, 4.69) is 17.2 Å². The van der Waals surface area contributed by atoms with Crippen molar-refractivity contribution >= 4 is 30.6 Å². The van der Waals surface area contributed by atoms with Crippen molar-refractivity contribution in [2.75, 3.05) is 6.54 Å². The number of rotatable bonds is 8. The highest BCUT2D eigenvalue weighted by Gasteiger charge is 2.66. The molecule has 1 heterocycles. The third-order valence-corrected chi connectivity index (χ3v) is 10.8. The second-order valence-electron chi connectivity index (χ2n) is 11.8. The fourth-order valence-corrected chi connectivity index (χ4v) is 8.00. The average molecular weight is 546 g/mol. The standard InChI is InChI=1S/C28H40N3O6P/c1-5-19-18-28(19,38(35,36)21-14-7-6-8-15-21)30-24(32)22-16-11-17-31(22)25(33)23(27(2,3)4)29-26(34)37-20-12-9-10-13-20/h5-8,14-15,19-20,22-23H,1,9-13,16-18H2,2-4H3,(H,29,34)(H,30,32)(H,35,36)/t19-,22+,23?,28+/m1/s1. The molecule has 0 radical (unpaired) electrons. The number of carbonyl (C=O) groups is 3. The number of alkyl carbamates (subject to hydrolysis) is 1. The molecule has 3 aliphatic rings. The maximum atomic E-state index is 13.8. The summed E-state index contributed by atoms with van der Waals surface area (Å²) >= 11 is 0. The number of nitrogens with zero attached hydrogens (tertiary/aromatic N) is 1. The highest BCUT2D eigenvalue weighted by molar-refractivity contribution is 7.68. The van der Waals surface area contributed by atoms with Gasteiger partial charge in [0.25, 0.3) is 7.37 Å². The lowest BCUT2D eigenvalue weighted by atomic mass is 9.85. The highest BCUT2D eigenvalue weighted by Crippen LogP contribution is 2.68. The van der Waals surface area contributed by atoms with Gasteiger partial charge in [0.2, 0.25) is 11.8 Å². The van der Waals surface area contributed by atoms with Gasteiger partial charge in [-0.1, -0.05) is 45.0 Å². The van der Waals surface area contributed by atoms with Crippen molar-refractivity contribution in [1.29, 1.82) is 0 Å². The number of ether oxygens (including phenoxy) is 1. The van der Waals surface area contributed by atoms with Gasteiger partial charge in [-0.3, -0.25) is 14.2 Å². The molecule has 4 rings (SSSR count). The van der Waals surface area contributed by atoms with Gasteiger partial charge in [0.05, 0.1) is 0 Å². The number of likely N-dealkylation sites (tertiary alicyclic amines) is 1. The molecule has 3 fully saturated rings. The molecule has 1 aromatic carbocycles. The minimum Gasteiger partial charge on any atom is -0.446 e. The molecule has 3 N–H and O–H groups in total. The van der Waals surface area contributed by atoms with Crippen LogP contribution in [0.4, 0.5) is 4.79 Å². The second-order valence-corrected chi connectivity index (χ2v) is 14.3. The summed E-state index contributed by atoms with van der Waals surface area (Å²) in [7, 11) is -4.01. The van der Waals surface area contributed by atoms with Crippen molar-refractivity contribution in [3.63, 3.8) is 0 Å². The maximum Gasteiger partial charge on any atom is 0.408 e. The minimum atomic E-state index is -4.01. The van der Waals surface area contributed by atoms with E-state index in [1.54, 1.807) is 36.4 Å². The molecule has 0 bridgehead atoms. The smallest absolute Gasteiger partial charge is 0.408 e. The predicted molar refractivity (Wildman–Crippen MR) is 145 cm³/mol. The molecule has 9 nitrogen and oxygen atoms in total. The SMILES string of the molecule is C=C[C@@H]1C[C@]1(NC(=O)[C@@H]1CCCN1C(=O)C(NC(=O)OC1CCCC1)C(C)(C)C)P(=O)(O)c1ccccc1. The summed E-state index contributed by atoms with van der Waals surface area (Å²) in [5, 5.41) is 4.55. The van der Waals surface area contributed by atoms with Gasteiger partial charge in [0, 0.05) is 17.8 Å². The monoisotopic (exact) mass is 545 g/mol. The summed E-state index contributed by atoms with van der Waals surface area (Å²) in [5.74, 6) is -1.19. The number of amides is 3. The first kappa shape index (κ1) is 28.4. The van der Waals surface area contributed by atoms with Crippen LogP contribution in [0.25, 0.3) is 0 Å². The van der Waals surface area contributed by atoms with E-state index in [0.29, 0.717) is 25.8 Å². The van der Waals surface area contributed by atoms with Crippen molar-refractivity contribution in [3.8, 4) is 0 Å². The molecule has 3 amide bonds. The summed E-state index contributed by atoms with van der Waals surface area (Å²) in [5.41, 5.74) is -0.630. The van der Waals surface area contributed by atoms with Crippen molar-refractivity contribution in [2.45, 2.75) is 89.2 Å². The van der Waals surface area contributed by atoms with Crippen molar-refractivity contribution < 1.29 is 28.6 Å². The van der Waals surface area contributed by atoms with Crippen LogP contribution in [0.2, 0.25) is 0 Å². The first-order valence-electron chi connectivity index (χ1n) is 13.5. The molecule has 5 atom stereocenters. The normalized spacial score (nSPS) is 27.7. The van der Waals surface area contributed by atoms with Gasteiger partial charge in [-0.2, -0.15) is 0 Å². The number of nitrogens with one attached hydrogen (secondary N) is 2. The number of hydrogen-bond donors (Lipinski definition) is 3. The van der Waals surface area contributed by atoms with Crippen LogP contribution in [-0.4, -0.2) is 57.7 Å². The van der Waals surface area contributed by atoms with Crippen LogP contribution < -0.4 is 15.9 Å². The molecule has 208 valence electrons. The first-order chi connectivity index (χ1) is 17.9. The van der Waals surface area contributed by atoms with Crippen LogP contribution in [0, 0.1) is 11.3 Å². The summed E-state index contributed by atoms with van der Waals surface area (Å²) in [6.45, 7) is 9.71. The lowest BCUT2D eigenvalue weighted by Gasteiger charge is -2.36. The van der Waals surface area contributed by atoms with E-state index in [1.165, 1.54) is 4.90 Å². The molecule has 10 heteroatoms. The molecular weight excluding hydrogens is 505 g/mol. The quantitative estimate of drug-likeness (QED) is 0.338. The summed E-state index contributed by atoms with van der Waals surface area (Å²) in [4.78, 5) is 52.7. The van der Waals surface area contributed by atoms with Gasteiger partial charge in [-0.15, -0.1) is 6.58 Å². The van der Waals surface area contributed by atoms with Crippen molar-refractivity contribution in [2.24, 2.45) is 11.3 Å². The zero-order valence-corrected chi connectivity index (χ0v) is 23.4. The number of carbonyl (C=O) groups excluding carboxylic acids is 3. The maximum absolute atomic E-state index is 13.8. The van der Waals surface area contributed by atoms with Gasteiger partial charge in [0.1, 0.15) is 23.5 Å². The van der Waals surface area contributed by atoms with Gasteiger partial charge in [0.15, 0.2) is 0 Å². The van der Waals surface area contributed by atoms with Crippen LogP contribution in [0.15, 0.2) is 43.0 Å². The Kier molecular flexibility index (Phi) is 8.10. The first-order valence-corrected chi connectivity index (χ1v) is 15.2. The lowest BCUT2D eigenvalue weighted by molar-refractivity contribution is -0.142. The molecule has 2 unspecified atom stereocenters. The Labute approximate surface area is 224 Å². The third-order valence-electron chi connectivity index (χ3n) is 8.05. The summed E-state index contributed by atoms with van der Waals surface area (Å²) in [6.07, 6.45) is 5.85. The van der Waals surface area contributed by atoms with Gasteiger partial charge >= 0.3 is 6.09 Å². The van der Waals surface area contributed by atoms with E-state index >= 15 is 0 Å². The molecular formula is C28H40N3O6P. The van der Waals surface area contributed by atoms with Crippen LogP contribution in [0.5, 0.6) is 0 Å². The topological polar surface area (TPSA) is 125 Å². The zero-order valence-electron chi connectivity index (χ0n) is 22.5. The molecule has 0 spiro atoms. The van der Waals surface area contributed by atoms with Crippen molar-refractivity contribution in [1.82, 2.24) is 15.5 Å². The Morgan fingerprint density at radius 3 is 2.39 bits per heavy atom. The summed E-state index contributed by atoms with van der Waals surface area (Å²) in [6, 6.07) is 6.61. The van der Waals surface area contributed by atoms with E-state index in [9.17, 15) is 23.8 Å². The van der Waals surface area contributed by atoms with Gasteiger partial charge in [-0.25, -0.2) is 4.79 Å². The molecule has 0 aromatic heterocycles. The van der Waals surface area contributed by atoms with E-state index in [0.717, 1.165) is 25.7 Å². The zero-order chi connectivity index (χ0) is 27.7. The Morgan fingerprint density at radius 1 is 1.16 bits per heavy atom.